The fourth-order valence-corrected chi connectivity index (χ4v) is 9.42. The van der Waals surface area contributed by atoms with Crippen molar-refractivity contribution in [2.75, 3.05) is 6.61 Å². The van der Waals surface area contributed by atoms with Gasteiger partial charge in [-0.15, -0.1) is 0 Å². The molecule has 0 aromatic carbocycles. The van der Waals surface area contributed by atoms with Gasteiger partial charge in [-0.3, -0.25) is 14.4 Å². The Kier molecular flexibility index (Phi) is 24.2. The van der Waals surface area contributed by atoms with Crippen LogP contribution in [0.3, 0.4) is 0 Å². The first-order valence-electron chi connectivity index (χ1n) is 26.4. The number of carbonyl (C=O) groups is 3. The molecule has 5 aliphatic rings. The van der Waals surface area contributed by atoms with Gasteiger partial charge in [-0.05, 0) is 60.3 Å². The second-order valence-corrected chi connectivity index (χ2v) is 20.5. The highest BCUT2D eigenvalue weighted by molar-refractivity contribution is 5.73. The Morgan fingerprint density at radius 3 is 1.86 bits per heavy atom. The molecule has 22 nitrogen and oxygen atoms in total. The lowest BCUT2D eigenvalue weighted by Crippen LogP contribution is -2.68. The van der Waals surface area contributed by atoms with Crippen LogP contribution < -0.4 is 0 Å². The molecule has 5 aliphatic heterocycles. The Labute approximate surface area is 423 Å². The van der Waals surface area contributed by atoms with Crippen molar-refractivity contribution < 1.29 is 107 Å². The average Bonchev–Trinajstić information content (AvgIpc) is 3.34. The van der Waals surface area contributed by atoms with Gasteiger partial charge in [-0.1, -0.05) is 78.6 Å². The zero-order valence-electron chi connectivity index (χ0n) is 43.3. The van der Waals surface area contributed by atoms with Crippen LogP contribution in [-0.4, -0.2) is 200 Å². The van der Waals surface area contributed by atoms with Gasteiger partial charge in [-0.2, -0.15) is 0 Å². The van der Waals surface area contributed by atoms with Crippen molar-refractivity contribution in [3.05, 3.63) is 0 Å². The summed E-state index contributed by atoms with van der Waals surface area (Å²) >= 11 is 0. The van der Waals surface area contributed by atoms with Crippen molar-refractivity contribution in [1.82, 2.24) is 0 Å². The van der Waals surface area contributed by atoms with Crippen molar-refractivity contribution in [2.45, 2.75) is 280 Å². The van der Waals surface area contributed by atoms with Crippen molar-refractivity contribution in [1.29, 1.82) is 0 Å². The molecule has 5 rings (SSSR count). The summed E-state index contributed by atoms with van der Waals surface area (Å²) in [5.41, 5.74) is 0. The molecule has 5 heterocycles. The number of esters is 3. The number of hydrogen-bond donors (Lipinski definition) is 8. The van der Waals surface area contributed by atoms with E-state index in [-0.39, 0.29) is 12.5 Å². The maximum Gasteiger partial charge on any atom is 0.311 e. The van der Waals surface area contributed by atoms with Gasteiger partial charge in [0.1, 0.15) is 73.8 Å². The van der Waals surface area contributed by atoms with Gasteiger partial charge < -0.3 is 93.0 Å². The van der Waals surface area contributed by atoms with Gasteiger partial charge in [0, 0.05) is 6.42 Å². The van der Waals surface area contributed by atoms with E-state index in [0.29, 0.717) is 32.1 Å². The van der Waals surface area contributed by atoms with E-state index in [0.717, 1.165) is 51.4 Å². The summed E-state index contributed by atoms with van der Waals surface area (Å²) in [5.74, 6) is -4.05. The quantitative estimate of drug-likeness (QED) is 0.0737. The van der Waals surface area contributed by atoms with Crippen molar-refractivity contribution in [3.8, 4) is 0 Å². The van der Waals surface area contributed by atoms with Crippen LogP contribution >= 0.6 is 0 Å². The van der Waals surface area contributed by atoms with Crippen LogP contribution in [0.1, 0.15) is 145 Å². The van der Waals surface area contributed by atoms with Crippen molar-refractivity contribution in [2.24, 2.45) is 11.8 Å². The molecular formula is C50H86O22. The summed E-state index contributed by atoms with van der Waals surface area (Å²) in [6.07, 6.45) is -23.1. The molecule has 22 heteroatoms. The zero-order chi connectivity index (χ0) is 53.0. The highest BCUT2D eigenvalue weighted by Crippen LogP contribution is 2.38. The summed E-state index contributed by atoms with van der Waals surface area (Å²) in [6.45, 7) is 12.1. The van der Waals surface area contributed by atoms with Gasteiger partial charge in [0.25, 0.3) is 0 Å². The number of hydrogen-bond acceptors (Lipinski definition) is 22. The number of aliphatic hydroxyl groups excluding tert-OH is 8. The van der Waals surface area contributed by atoms with E-state index >= 15 is 0 Å². The zero-order valence-corrected chi connectivity index (χ0v) is 43.3. The molecular weight excluding hydrogens is 953 g/mol. The van der Waals surface area contributed by atoms with Gasteiger partial charge >= 0.3 is 17.9 Å². The van der Waals surface area contributed by atoms with Gasteiger partial charge in [0.05, 0.1) is 42.4 Å². The normalized spacial score (nSPS) is 42.4. The molecule has 0 aromatic heterocycles. The molecule has 418 valence electrons. The lowest BCUT2D eigenvalue weighted by molar-refractivity contribution is -0.402. The molecule has 0 radical (unpaired) electrons. The van der Waals surface area contributed by atoms with E-state index in [2.05, 4.69) is 6.92 Å². The Morgan fingerprint density at radius 1 is 0.611 bits per heavy atom. The second kappa shape index (κ2) is 28.8. The highest BCUT2D eigenvalue weighted by Gasteiger charge is 2.57. The molecule has 8 N–H and O–H groups in total. The molecule has 1 unspecified atom stereocenters. The van der Waals surface area contributed by atoms with Gasteiger partial charge in [-0.25, -0.2) is 0 Å². The first kappa shape index (κ1) is 60.6. The molecule has 0 aliphatic carbocycles. The number of rotatable bonds is 13. The fraction of sp³-hybridized carbons (Fsp3) is 0.940. The molecule has 72 heavy (non-hydrogen) atoms. The van der Waals surface area contributed by atoms with Gasteiger partial charge in [0.2, 0.25) is 6.29 Å². The Bertz CT molecular complexity index is 1640. The maximum absolute atomic E-state index is 13.9. The van der Waals surface area contributed by atoms with E-state index in [4.69, 9.17) is 52.1 Å². The smallest absolute Gasteiger partial charge is 0.311 e. The average molecular weight is 1040 g/mol. The number of ether oxygens (including phenoxy) is 11. The monoisotopic (exact) mass is 1040 g/mol. The minimum atomic E-state index is -1.97. The minimum absolute atomic E-state index is 0.0471. The maximum atomic E-state index is 13.9. The molecule has 2 bridgehead atoms. The summed E-state index contributed by atoms with van der Waals surface area (Å²) in [6, 6.07) is 0. The number of carbonyl (C=O) groups excluding carboxylic acids is 3. The predicted molar refractivity (Wildman–Crippen MR) is 250 cm³/mol. The third-order valence-electron chi connectivity index (χ3n) is 14.7. The Balaban J connectivity index is 1.60. The molecule has 24 atom stereocenters. The van der Waals surface area contributed by atoms with Crippen LogP contribution in [0.2, 0.25) is 0 Å². The van der Waals surface area contributed by atoms with E-state index in [1.165, 1.54) is 27.7 Å². The van der Waals surface area contributed by atoms with Crippen LogP contribution in [-0.2, 0) is 66.5 Å². The van der Waals surface area contributed by atoms with E-state index < -0.39 is 165 Å². The highest BCUT2D eigenvalue weighted by atomic mass is 16.8. The molecule has 0 amide bonds. The van der Waals surface area contributed by atoms with Crippen LogP contribution in [0.5, 0.6) is 0 Å². The largest absolute Gasteiger partial charge is 0.463 e. The Morgan fingerprint density at radius 2 is 1.21 bits per heavy atom. The fourth-order valence-electron chi connectivity index (χ4n) is 9.42. The second-order valence-electron chi connectivity index (χ2n) is 20.5. The molecule has 5 saturated heterocycles. The predicted octanol–water partition coefficient (Wildman–Crippen LogP) is 1.55. The third-order valence-corrected chi connectivity index (χ3v) is 14.7. The number of unbranched alkanes of at least 4 members (excludes halogenated alkanes) is 2. The van der Waals surface area contributed by atoms with Crippen LogP contribution in [0.25, 0.3) is 0 Å². The standard InChI is InChI=1S/C50H86O22/c1-9-11-17-20-30-21-18-15-13-12-14-16-19-22-32(52)68-43-40(71-47-39(59)36(56)33(53)27(6)63-47)29(8)65-50(44(43)70-45(60)24(3)10-2)72-49-42(69-41-37(57)34(54)28(7)64-48(41)66-30)38(58)35(55)31(67-49)23-62-46(61)25(4)26(5)51/h24-31,33-44,47-51,53-59H,9-23H2,1-8H3/t24?,25-,26-,27-,28-,29-,30+,31-,33-,34-,35-,36+,37+,38+,39-,40+,41-,42-,43-,44-,47+,48+,49+,50+/m1/s1. The Hall–Kier alpha value is -2.23. The van der Waals surface area contributed by atoms with E-state index in [1.54, 1.807) is 20.8 Å². The lowest BCUT2D eigenvalue weighted by atomic mass is 9.95. The molecule has 0 saturated carbocycles. The molecule has 0 aromatic rings. The van der Waals surface area contributed by atoms with Crippen LogP contribution in [0, 0.1) is 11.8 Å². The summed E-state index contributed by atoms with van der Waals surface area (Å²) in [7, 11) is 0. The van der Waals surface area contributed by atoms with Crippen LogP contribution in [0.15, 0.2) is 0 Å². The third kappa shape index (κ3) is 15.9. The van der Waals surface area contributed by atoms with Crippen molar-refractivity contribution >= 4 is 17.9 Å². The lowest BCUT2D eigenvalue weighted by Gasteiger charge is -2.50. The van der Waals surface area contributed by atoms with E-state index in [9.17, 15) is 55.2 Å². The first-order chi connectivity index (χ1) is 34.2. The first-order valence-corrected chi connectivity index (χ1v) is 26.4. The summed E-state index contributed by atoms with van der Waals surface area (Å²) in [5, 5.41) is 89.0. The van der Waals surface area contributed by atoms with Gasteiger partial charge in [0.15, 0.2) is 31.1 Å². The topological polar surface area (TPSA) is 315 Å². The molecule has 5 fully saturated rings. The number of aliphatic hydroxyl groups is 8. The minimum Gasteiger partial charge on any atom is -0.463 e. The van der Waals surface area contributed by atoms with Crippen LogP contribution in [0.4, 0.5) is 0 Å². The summed E-state index contributed by atoms with van der Waals surface area (Å²) < 4.78 is 68.3. The van der Waals surface area contributed by atoms with E-state index in [1.807, 2.05) is 0 Å². The SMILES string of the molecule is CCCCC[C@H]1CCCCCCCCCC(=O)O[C@@H]2[C@@H](O[C@@H]3O[C@H](C)[C@@H](O)[C@H](O)[C@H]3O)[C@@H](C)O[C@@H](O[C@@H]3O[C@H](COC(=O)[C@H](C)[C@@H](C)O)[C@@H](O)[C@H](O)[C@H]3O[C@H]3[C@H](O1)O[C@H](C)[C@@H](O)[C@@H]3O)[C@@H]2OC(=O)C(C)CC. The number of fused-ring (bicyclic) bond motifs is 4. The summed E-state index contributed by atoms with van der Waals surface area (Å²) in [4.78, 5) is 40.7. The van der Waals surface area contributed by atoms with Crippen molar-refractivity contribution in [3.63, 3.8) is 0 Å². The molecule has 0 spiro atoms.